The Balaban J connectivity index is 2.84. The third-order valence-corrected chi connectivity index (χ3v) is 2.56. The second kappa shape index (κ2) is 5.86. The first-order valence-electron chi connectivity index (χ1n) is 4.85. The van der Waals surface area contributed by atoms with Crippen LogP contribution >= 0.6 is 15.9 Å². The van der Waals surface area contributed by atoms with E-state index in [4.69, 9.17) is 4.74 Å². The standard InChI is InChI=1S/C11H14BrNO3/c1-7(14)9-4-3-8(12)5-10(9)16-6-11(15)13-2/h3-5,7,14H,6H2,1-2H3,(H,13,15)/t7-/m1/s1. The molecule has 4 nitrogen and oxygen atoms in total. The molecule has 0 aliphatic heterocycles. The second-order valence-electron chi connectivity index (χ2n) is 3.32. The number of carbonyl (C=O) groups excluding carboxylic acids is 1. The van der Waals surface area contributed by atoms with Gasteiger partial charge in [0.25, 0.3) is 5.91 Å². The summed E-state index contributed by atoms with van der Waals surface area (Å²) in [6.45, 7) is 1.59. The molecule has 0 aliphatic carbocycles. The van der Waals surface area contributed by atoms with Crippen molar-refractivity contribution in [2.45, 2.75) is 13.0 Å². The highest BCUT2D eigenvalue weighted by Crippen LogP contribution is 2.28. The molecule has 1 aromatic carbocycles. The number of benzene rings is 1. The van der Waals surface area contributed by atoms with Crippen LogP contribution in [0.1, 0.15) is 18.6 Å². The molecule has 0 bridgehead atoms. The van der Waals surface area contributed by atoms with E-state index < -0.39 is 6.10 Å². The molecule has 0 spiro atoms. The zero-order valence-electron chi connectivity index (χ0n) is 9.16. The van der Waals surface area contributed by atoms with Crippen molar-refractivity contribution in [3.8, 4) is 5.75 Å². The Morgan fingerprint density at radius 2 is 2.31 bits per heavy atom. The summed E-state index contributed by atoms with van der Waals surface area (Å²) in [5.74, 6) is 0.296. The summed E-state index contributed by atoms with van der Waals surface area (Å²) in [5, 5.41) is 12.0. The first kappa shape index (κ1) is 13.0. The number of amides is 1. The predicted octanol–water partition coefficient (Wildman–Crippen LogP) is 1.63. The van der Waals surface area contributed by atoms with E-state index >= 15 is 0 Å². The average Bonchev–Trinajstić information content (AvgIpc) is 2.25. The maximum Gasteiger partial charge on any atom is 0.257 e. The Morgan fingerprint density at radius 1 is 1.62 bits per heavy atom. The van der Waals surface area contributed by atoms with Gasteiger partial charge in [-0.25, -0.2) is 0 Å². The van der Waals surface area contributed by atoms with Gasteiger partial charge in [-0.3, -0.25) is 4.79 Å². The van der Waals surface area contributed by atoms with Gasteiger partial charge in [0.2, 0.25) is 0 Å². The van der Waals surface area contributed by atoms with Gasteiger partial charge in [0.05, 0.1) is 6.10 Å². The van der Waals surface area contributed by atoms with Crippen molar-refractivity contribution in [1.82, 2.24) is 5.32 Å². The number of carbonyl (C=O) groups is 1. The number of ether oxygens (including phenoxy) is 1. The Labute approximate surface area is 103 Å². The smallest absolute Gasteiger partial charge is 0.257 e. The maximum atomic E-state index is 11.0. The summed E-state index contributed by atoms with van der Waals surface area (Å²) in [5.41, 5.74) is 0.659. The number of nitrogens with one attached hydrogen (secondary N) is 1. The third kappa shape index (κ3) is 3.50. The molecule has 0 unspecified atom stereocenters. The van der Waals surface area contributed by atoms with Gasteiger partial charge in [0.15, 0.2) is 6.61 Å². The van der Waals surface area contributed by atoms with Crippen LogP contribution in [0.5, 0.6) is 5.75 Å². The van der Waals surface area contributed by atoms with Crippen molar-refractivity contribution in [3.05, 3.63) is 28.2 Å². The highest BCUT2D eigenvalue weighted by atomic mass is 79.9. The van der Waals surface area contributed by atoms with Crippen molar-refractivity contribution in [2.75, 3.05) is 13.7 Å². The number of hydrogen-bond acceptors (Lipinski definition) is 3. The molecule has 0 saturated heterocycles. The minimum atomic E-state index is -0.632. The molecule has 0 aliphatic rings. The lowest BCUT2D eigenvalue weighted by Gasteiger charge is -2.13. The van der Waals surface area contributed by atoms with Crippen LogP contribution in [-0.2, 0) is 4.79 Å². The quantitative estimate of drug-likeness (QED) is 0.885. The van der Waals surface area contributed by atoms with Crippen LogP contribution in [-0.4, -0.2) is 24.7 Å². The molecule has 16 heavy (non-hydrogen) atoms. The van der Waals surface area contributed by atoms with Gasteiger partial charge in [0.1, 0.15) is 5.75 Å². The molecule has 0 aromatic heterocycles. The highest BCUT2D eigenvalue weighted by molar-refractivity contribution is 9.10. The summed E-state index contributed by atoms with van der Waals surface area (Å²) in [7, 11) is 1.54. The lowest BCUT2D eigenvalue weighted by molar-refractivity contribution is -0.122. The van der Waals surface area contributed by atoms with Gasteiger partial charge >= 0.3 is 0 Å². The molecule has 0 saturated carbocycles. The van der Waals surface area contributed by atoms with E-state index in [1.54, 1.807) is 26.1 Å². The Hall–Kier alpha value is -1.07. The fraction of sp³-hybridized carbons (Fsp3) is 0.364. The zero-order valence-corrected chi connectivity index (χ0v) is 10.7. The number of likely N-dealkylation sites (N-methyl/N-ethyl adjacent to an activating group) is 1. The molecule has 5 heteroatoms. The minimum Gasteiger partial charge on any atom is -0.483 e. The van der Waals surface area contributed by atoms with E-state index in [-0.39, 0.29) is 12.5 Å². The molecular formula is C11H14BrNO3. The van der Waals surface area contributed by atoms with Crippen LogP contribution in [0, 0.1) is 0 Å². The average molecular weight is 288 g/mol. The number of aliphatic hydroxyl groups is 1. The monoisotopic (exact) mass is 287 g/mol. The van der Waals surface area contributed by atoms with Crippen LogP contribution in [0.2, 0.25) is 0 Å². The third-order valence-electron chi connectivity index (χ3n) is 2.06. The van der Waals surface area contributed by atoms with Gasteiger partial charge in [-0.15, -0.1) is 0 Å². The van der Waals surface area contributed by atoms with Gasteiger partial charge in [-0.05, 0) is 19.1 Å². The first-order chi connectivity index (χ1) is 7.54. The van der Waals surface area contributed by atoms with E-state index in [1.807, 2.05) is 6.07 Å². The molecule has 0 heterocycles. The first-order valence-corrected chi connectivity index (χ1v) is 5.64. The minimum absolute atomic E-state index is 0.0628. The lowest BCUT2D eigenvalue weighted by Crippen LogP contribution is -2.25. The maximum absolute atomic E-state index is 11.0. The van der Waals surface area contributed by atoms with Crippen LogP contribution in [0.25, 0.3) is 0 Å². The molecule has 1 rings (SSSR count). The summed E-state index contributed by atoms with van der Waals surface area (Å²) < 4.78 is 6.17. The fourth-order valence-electron chi connectivity index (χ4n) is 1.19. The fourth-order valence-corrected chi connectivity index (χ4v) is 1.53. The Kier molecular flexibility index (Phi) is 4.76. The summed E-state index contributed by atoms with van der Waals surface area (Å²) in [4.78, 5) is 11.0. The van der Waals surface area contributed by atoms with Gasteiger partial charge in [-0.1, -0.05) is 22.0 Å². The summed E-state index contributed by atoms with van der Waals surface area (Å²) in [6.07, 6.45) is -0.632. The van der Waals surface area contributed by atoms with E-state index in [2.05, 4.69) is 21.2 Å². The number of hydrogen-bond donors (Lipinski definition) is 2. The number of halogens is 1. The molecule has 0 fully saturated rings. The largest absolute Gasteiger partial charge is 0.483 e. The van der Waals surface area contributed by atoms with Gasteiger partial charge in [-0.2, -0.15) is 0 Å². The molecule has 1 amide bonds. The lowest BCUT2D eigenvalue weighted by atomic mass is 10.1. The molecular weight excluding hydrogens is 274 g/mol. The zero-order chi connectivity index (χ0) is 12.1. The summed E-state index contributed by atoms with van der Waals surface area (Å²) in [6, 6.07) is 5.30. The van der Waals surface area contributed by atoms with Crippen molar-refractivity contribution in [3.63, 3.8) is 0 Å². The predicted molar refractivity (Wildman–Crippen MR) is 64.3 cm³/mol. The van der Waals surface area contributed by atoms with Crippen LogP contribution in [0.3, 0.4) is 0 Å². The van der Waals surface area contributed by atoms with Crippen LogP contribution < -0.4 is 10.1 Å². The number of aliphatic hydroxyl groups excluding tert-OH is 1. The topological polar surface area (TPSA) is 58.6 Å². The molecule has 0 radical (unpaired) electrons. The van der Waals surface area contributed by atoms with E-state index in [1.165, 1.54) is 0 Å². The normalized spacial score (nSPS) is 12.0. The second-order valence-corrected chi connectivity index (χ2v) is 4.24. The van der Waals surface area contributed by atoms with Crippen LogP contribution in [0.4, 0.5) is 0 Å². The molecule has 1 aromatic rings. The Bertz CT molecular complexity index is 379. The number of rotatable bonds is 4. The van der Waals surface area contributed by atoms with E-state index in [9.17, 15) is 9.90 Å². The van der Waals surface area contributed by atoms with Gasteiger partial charge in [0, 0.05) is 17.1 Å². The van der Waals surface area contributed by atoms with E-state index in [0.29, 0.717) is 11.3 Å². The van der Waals surface area contributed by atoms with Crippen molar-refractivity contribution < 1.29 is 14.6 Å². The summed E-state index contributed by atoms with van der Waals surface area (Å²) >= 11 is 3.31. The Morgan fingerprint density at radius 3 is 2.88 bits per heavy atom. The van der Waals surface area contributed by atoms with Gasteiger partial charge < -0.3 is 15.2 Å². The van der Waals surface area contributed by atoms with E-state index in [0.717, 1.165) is 4.47 Å². The highest BCUT2D eigenvalue weighted by Gasteiger charge is 2.10. The SMILES string of the molecule is CNC(=O)COc1cc(Br)ccc1[C@@H](C)O. The molecule has 88 valence electrons. The molecule has 2 N–H and O–H groups in total. The molecule has 1 atom stereocenters. The van der Waals surface area contributed by atoms with Crippen molar-refractivity contribution in [2.24, 2.45) is 0 Å². The van der Waals surface area contributed by atoms with Crippen LogP contribution in [0.15, 0.2) is 22.7 Å². The van der Waals surface area contributed by atoms with Crippen molar-refractivity contribution >= 4 is 21.8 Å². The van der Waals surface area contributed by atoms with Crippen molar-refractivity contribution in [1.29, 1.82) is 0 Å².